The summed E-state index contributed by atoms with van der Waals surface area (Å²) in [4.78, 5) is 9.01. The number of fused-ring (bicyclic) bond motifs is 1. The van der Waals surface area contributed by atoms with Crippen LogP contribution in [0.1, 0.15) is 33.3 Å². The second-order valence-electron chi connectivity index (χ2n) is 8.03. The molecule has 2 aromatic heterocycles. The first kappa shape index (κ1) is 19.1. The van der Waals surface area contributed by atoms with Crippen LogP contribution in [-0.4, -0.2) is 40.7 Å². The van der Waals surface area contributed by atoms with Gasteiger partial charge in [-0.2, -0.15) is 0 Å². The number of hydrogen-bond donors (Lipinski definition) is 0. The van der Waals surface area contributed by atoms with Crippen LogP contribution >= 0.6 is 0 Å². The summed E-state index contributed by atoms with van der Waals surface area (Å²) in [6.45, 7) is 9.67. The zero-order valence-electron chi connectivity index (χ0n) is 16.5. The molecule has 0 amide bonds. The van der Waals surface area contributed by atoms with Crippen LogP contribution in [-0.2, 0) is 19.3 Å². The van der Waals surface area contributed by atoms with E-state index in [0.29, 0.717) is 16.8 Å². The third-order valence-electron chi connectivity index (χ3n) is 5.45. The van der Waals surface area contributed by atoms with Gasteiger partial charge in [0.05, 0.1) is 16.1 Å². The number of rotatable bonds is 3. The smallest absolute Gasteiger partial charge is 0.397 e. The fraction of sp³-hybridized carbons (Fsp3) is 0.368. The van der Waals surface area contributed by atoms with E-state index in [2.05, 4.69) is 9.97 Å². The fourth-order valence-electron chi connectivity index (χ4n) is 2.99. The molecule has 0 bridgehead atoms. The van der Waals surface area contributed by atoms with Crippen molar-refractivity contribution in [3.63, 3.8) is 0 Å². The first-order valence-electron chi connectivity index (χ1n) is 9.03. The van der Waals surface area contributed by atoms with Crippen molar-refractivity contribution in [1.82, 2.24) is 13.9 Å². The Morgan fingerprint density at radius 3 is 2.21 bits per heavy atom. The normalized spacial score (nSPS) is 18.7. The van der Waals surface area contributed by atoms with Crippen molar-refractivity contribution in [2.45, 2.75) is 50.7 Å². The first-order chi connectivity index (χ1) is 13.0. The Balaban J connectivity index is 1.78. The largest absolute Gasteiger partial charge is 0.534 e. The van der Waals surface area contributed by atoms with Gasteiger partial charge in [-0.1, -0.05) is 17.7 Å². The SMILES string of the molecule is Cc1ccc(S(=O)(=O)n2ccc3cnc(B4OC(C)(C)C(C)(C)O4)nc32)cc1. The number of hydrogen-bond acceptors (Lipinski definition) is 6. The second kappa shape index (κ2) is 6.14. The third-order valence-corrected chi connectivity index (χ3v) is 7.14. The summed E-state index contributed by atoms with van der Waals surface area (Å²) in [5, 5.41) is 0.621. The quantitative estimate of drug-likeness (QED) is 0.629. The molecule has 0 aliphatic carbocycles. The molecule has 9 heteroatoms. The van der Waals surface area contributed by atoms with Crippen molar-refractivity contribution >= 4 is 33.9 Å². The summed E-state index contributed by atoms with van der Waals surface area (Å²) < 4.78 is 39.4. The Kier molecular flexibility index (Phi) is 4.19. The predicted molar refractivity (Wildman–Crippen MR) is 107 cm³/mol. The molecule has 1 aliphatic rings. The van der Waals surface area contributed by atoms with Crippen LogP contribution in [0.2, 0.25) is 0 Å². The molecule has 1 aliphatic heterocycles. The van der Waals surface area contributed by atoms with E-state index >= 15 is 0 Å². The minimum atomic E-state index is -3.78. The maximum atomic E-state index is 13.1. The van der Waals surface area contributed by atoms with E-state index in [1.165, 1.54) is 10.2 Å². The lowest BCUT2D eigenvalue weighted by atomic mass is 9.89. The van der Waals surface area contributed by atoms with Gasteiger partial charge in [0.1, 0.15) is 0 Å². The Morgan fingerprint density at radius 2 is 1.61 bits per heavy atom. The van der Waals surface area contributed by atoms with E-state index in [9.17, 15) is 8.42 Å². The Bertz CT molecular complexity index is 1140. The monoisotopic (exact) mass is 399 g/mol. The summed E-state index contributed by atoms with van der Waals surface area (Å²) in [5.41, 5.74) is 0.505. The molecule has 0 spiro atoms. The van der Waals surface area contributed by atoms with E-state index < -0.39 is 28.3 Å². The molecular formula is C19H22BN3O4S. The second-order valence-corrected chi connectivity index (χ2v) is 9.84. The van der Waals surface area contributed by atoms with Gasteiger partial charge in [0.15, 0.2) is 11.4 Å². The zero-order chi connectivity index (χ0) is 20.3. The maximum absolute atomic E-state index is 13.1. The van der Waals surface area contributed by atoms with Crippen LogP contribution in [0, 0.1) is 6.92 Å². The maximum Gasteiger partial charge on any atom is 0.534 e. The van der Waals surface area contributed by atoms with Gasteiger partial charge >= 0.3 is 7.12 Å². The molecule has 0 N–H and O–H groups in total. The Morgan fingerprint density at radius 1 is 1.00 bits per heavy atom. The minimum Gasteiger partial charge on any atom is -0.397 e. The van der Waals surface area contributed by atoms with E-state index in [4.69, 9.17) is 9.31 Å². The van der Waals surface area contributed by atoms with Gasteiger partial charge in [-0.25, -0.2) is 22.4 Å². The average molecular weight is 399 g/mol. The molecule has 0 saturated carbocycles. The van der Waals surface area contributed by atoms with E-state index in [-0.39, 0.29) is 4.90 Å². The third kappa shape index (κ3) is 2.94. The Hall–Kier alpha value is -2.23. The molecule has 1 aromatic carbocycles. The van der Waals surface area contributed by atoms with Gasteiger partial charge in [0.25, 0.3) is 10.0 Å². The highest BCUT2D eigenvalue weighted by Gasteiger charge is 2.53. The molecule has 1 saturated heterocycles. The highest BCUT2D eigenvalue weighted by Crippen LogP contribution is 2.36. The molecule has 4 rings (SSSR count). The summed E-state index contributed by atoms with van der Waals surface area (Å²) in [6, 6.07) is 8.39. The van der Waals surface area contributed by atoms with Gasteiger partial charge in [0, 0.05) is 17.8 Å². The molecule has 0 unspecified atom stereocenters. The Labute approximate surface area is 164 Å². The summed E-state index contributed by atoms with van der Waals surface area (Å²) in [5.74, 6) is 0. The molecule has 3 aromatic rings. The molecule has 0 radical (unpaired) electrons. The van der Waals surface area contributed by atoms with Gasteiger partial charge in [-0.3, -0.25) is 0 Å². The molecule has 1 fully saturated rings. The van der Waals surface area contributed by atoms with E-state index in [1.54, 1.807) is 36.5 Å². The van der Waals surface area contributed by atoms with Crippen LogP contribution in [0.4, 0.5) is 0 Å². The van der Waals surface area contributed by atoms with Crippen molar-refractivity contribution in [3.8, 4) is 0 Å². The highest BCUT2D eigenvalue weighted by molar-refractivity contribution is 7.90. The van der Waals surface area contributed by atoms with Crippen LogP contribution < -0.4 is 5.72 Å². The lowest BCUT2D eigenvalue weighted by Crippen LogP contribution is -2.41. The minimum absolute atomic E-state index is 0.200. The number of aromatic nitrogens is 3. The molecule has 7 nitrogen and oxygen atoms in total. The summed E-state index contributed by atoms with van der Waals surface area (Å²) >= 11 is 0. The van der Waals surface area contributed by atoms with Crippen molar-refractivity contribution in [2.24, 2.45) is 0 Å². The van der Waals surface area contributed by atoms with Gasteiger partial charge in [0.2, 0.25) is 0 Å². The number of nitrogens with zero attached hydrogens (tertiary/aromatic N) is 3. The standard InChI is InChI=1S/C19H22BN3O4S/c1-13-6-8-15(9-7-13)28(24,25)23-11-10-14-12-21-17(22-16(14)23)20-26-18(2,3)19(4,5)27-20/h6-12H,1-5H3. The summed E-state index contributed by atoms with van der Waals surface area (Å²) in [6.07, 6.45) is 3.08. The van der Waals surface area contributed by atoms with Gasteiger partial charge in [-0.15, -0.1) is 0 Å². The van der Waals surface area contributed by atoms with Crippen molar-refractivity contribution in [2.75, 3.05) is 0 Å². The topological polar surface area (TPSA) is 83.3 Å². The molecular weight excluding hydrogens is 377 g/mol. The average Bonchev–Trinajstić information content (AvgIpc) is 3.13. The zero-order valence-corrected chi connectivity index (χ0v) is 17.3. The first-order valence-corrected chi connectivity index (χ1v) is 10.5. The number of aryl methyl sites for hydroxylation is 1. The molecule has 28 heavy (non-hydrogen) atoms. The number of benzene rings is 1. The van der Waals surface area contributed by atoms with Crippen molar-refractivity contribution in [3.05, 3.63) is 48.3 Å². The van der Waals surface area contributed by atoms with Crippen LogP contribution in [0.3, 0.4) is 0 Å². The van der Waals surface area contributed by atoms with Crippen LogP contribution in [0.15, 0.2) is 47.6 Å². The lowest BCUT2D eigenvalue weighted by molar-refractivity contribution is 0.00578. The van der Waals surface area contributed by atoms with Crippen LogP contribution in [0.5, 0.6) is 0 Å². The fourth-order valence-corrected chi connectivity index (χ4v) is 4.29. The highest BCUT2D eigenvalue weighted by atomic mass is 32.2. The van der Waals surface area contributed by atoms with Crippen molar-refractivity contribution in [1.29, 1.82) is 0 Å². The van der Waals surface area contributed by atoms with E-state index in [1.807, 2.05) is 34.6 Å². The predicted octanol–water partition coefficient (Wildman–Crippen LogP) is 2.28. The lowest BCUT2D eigenvalue weighted by Gasteiger charge is -2.32. The van der Waals surface area contributed by atoms with Gasteiger partial charge < -0.3 is 9.31 Å². The van der Waals surface area contributed by atoms with Gasteiger partial charge in [-0.05, 0) is 52.8 Å². The van der Waals surface area contributed by atoms with Crippen molar-refractivity contribution < 1.29 is 17.7 Å². The molecule has 0 atom stereocenters. The van der Waals surface area contributed by atoms with Crippen LogP contribution in [0.25, 0.3) is 11.0 Å². The molecule has 146 valence electrons. The van der Waals surface area contributed by atoms with E-state index in [0.717, 1.165) is 5.56 Å². The molecule has 3 heterocycles. The summed E-state index contributed by atoms with van der Waals surface area (Å²) in [7, 11) is -4.54.